The van der Waals surface area contributed by atoms with Crippen LogP contribution in [-0.4, -0.2) is 60.3 Å². The normalized spacial score (nSPS) is 6.00. The van der Waals surface area contributed by atoms with Crippen LogP contribution in [0.15, 0.2) is 112 Å². The van der Waals surface area contributed by atoms with E-state index < -0.39 is 0 Å². The summed E-state index contributed by atoms with van der Waals surface area (Å²) in [6.07, 6.45) is 23.5. The van der Waals surface area contributed by atoms with Crippen molar-refractivity contribution in [3.8, 4) is 0 Å². The molecule has 0 amide bonds. The number of hydrogen-bond acceptors (Lipinski definition) is 12. The first kappa shape index (κ1) is 71.3. The topological polar surface area (TPSA) is 155 Å². The maximum atomic E-state index is 3.72. The van der Waals surface area contributed by atoms with Crippen molar-refractivity contribution in [2.24, 2.45) is 0 Å². The molecule has 0 unspecified atom stereocenters. The van der Waals surface area contributed by atoms with E-state index in [0.29, 0.717) is 0 Å². The third-order valence-electron chi connectivity index (χ3n) is 2.24. The molecular formula is C38H78N12. The number of nitrogens with zero attached hydrogens (tertiary/aromatic N) is 12. The van der Waals surface area contributed by atoms with Gasteiger partial charge in [0, 0.05) is 55.8 Å². The van der Waals surface area contributed by atoms with Crippen LogP contribution in [0.2, 0.25) is 0 Å². The lowest BCUT2D eigenvalue weighted by atomic mass is 10.6. The average Bonchev–Trinajstić information content (AvgIpc) is 3.31. The number of aromatic nitrogens is 12. The zero-order valence-corrected chi connectivity index (χ0v) is 35.8. The fraction of sp³-hybridized carbons (Fsp3) is 0.526. The molecule has 0 atom stereocenters. The quantitative estimate of drug-likeness (QED) is 0.151. The van der Waals surface area contributed by atoms with Crippen LogP contribution in [-0.2, 0) is 0 Å². The van der Waals surface area contributed by atoms with E-state index in [2.05, 4.69) is 60.3 Å². The summed E-state index contributed by atoms with van der Waals surface area (Å²) in [4.78, 5) is 29.1. The van der Waals surface area contributed by atoms with Gasteiger partial charge in [0.2, 0.25) is 0 Å². The molecule has 12 nitrogen and oxygen atoms in total. The van der Waals surface area contributed by atoms with Gasteiger partial charge in [0.15, 0.2) is 0 Å². The molecule has 5 heterocycles. The summed E-state index contributed by atoms with van der Waals surface area (Å²) in [5.41, 5.74) is 0. The smallest absolute Gasteiger partial charge is 0.138 e. The molecule has 0 N–H and O–H groups in total. The van der Waals surface area contributed by atoms with E-state index in [1.807, 2.05) is 151 Å². The van der Waals surface area contributed by atoms with Gasteiger partial charge in [-0.15, -0.1) is 5.10 Å². The molecule has 0 aromatic carbocycles. The van der Waals surface area contributed by atoms with E-state index >= 15 is 0 Å². The standard InChI is InChI=1S/3C4H4N2.2C3H3N3.10C2H6/c1-2-6-4-3-5-1;1-2-5-4-6-3-1;1-2-4-6-5-3-1;1-4-2-6-3-5-1;1-2-5-6-3-4-1;10*1-2/h3*1-4H;2*1-3H;10*1-2H3. The van der Waals surface area contributed by atoms with E-state index in [-0.39, 0.29) is 0 Å². The van der Waals surface area contributed by atoms with Crippen LogP contribution in [0.5, 0.6) is 0 Å². The second-order valence-electron chi connectivity index (χ2n) is 4.30. The summed E-state index contributed by atoms with van der Waals surface area (Å²) in [6, 6.07) is 5.43. The monoisotopic (exact) mass is 703 g/mol. The molecule has 0 aliphatic heterocycles. The molecule has 5 rings (SSSR count). The van der Waals surface area contributed by atoms with Gasteiger partial charge in [-0.3, -0.25) is 9.97 Å². The molecule has 0 radical (unpaired) electrons. The van der Waals surface area contributed by atoms with Crippen LogP contribution in [0.3, 0.4) is 0 Å². The highest BCUT2D eigenvalue weighted by Gasteiger charge is 1.62. The van der Waals surface area contributed by atoms with Gasteiger partial charge in [-0.05, 0) is 18.2 Å². The van der Waals surface area contributed by atoms with Crippen molar-refractivity contribution in [2.45, 2.75) is 138 Å². The van der Waals surface area contributed by atoms with Crippen LogP contribution in [0.25, 0.3) is 0 Å². The van der Waals surface area contributed by atoms with Gasteiger partial charge in [-0.1, -0.05) is 138 Å². The van der Waals surface area contributed by atoms with E-state index in [0.717, 1.165) is 0 Å². The maximum Gasteiger partial charge on any atom is 0.138 e. The first-order valence-electron chi connectivity index (χ1n) is 18.2. The fourth-order valence-corrected chi connectivity index (χ4v) is 1.17. The second kappa shape index (κ2) is 130. The predicted molar refractivity (Wildman–Crippen MR) is 219 cm³/mol. The predicted octanol–water partition coefficient (Wildman–Crippen LogP) is 11.4. The van der Waals surface area contributed by atoms with Gasteiger partial charge in [0.05, 0.1) is 6.20 Å². The lowest BCUT2D eigenvalue weighted by Crippen LogP contribution is -1.75. The summed E-state index contributed by atoms with van der Waals surface area (Å²) in [7, 11) is 0. The Balaban J connectivity index is -0.0000000445. The van der Waals surface area contributed by atoms with Crippen molar-refractivity contribution in [3.63, 3.8) is 0 Å². The van der Waals surface area contributed by atoms with Gasteiger partial charge in [0.1, 0.15) is 31.6 Å². The molecule has 290 valence electrons. The Labute approximate surface area is 310 Å². The Hall–Kier alpha value is -4.74. The Kier molecular flexibility index (Phi) is 185. The lowest BCUT2D eigenvalue weighted by Gasteiger charge is -1.70. The molecule has 5 aromatic heterocycles. The van der Waals surface area contributed by atoms with Crippen molar-refractivity contribution in [2.75, 3.05) is 0 Å². The number of rotatable bonds is 0. The molecule has 0 saturated carbocycles. The van der Waals surface area contributed by atoms with Gasteiger partial charge in [0.25, 0.3) is 0 Å². The third-order valence-corrected chi connectivity index (χ3v) is 2.24. The summed E-state index contributed by atoms with van der Waals surface area (Å²) < 4.78 is 0. The molecule has 5 aromatic rings. The first-order chi connectivity index (χ1) is 25.0. The SMILES string of the molecule is CC.CC.CC.CC.CC.CC.CC.CC.CC.CC.c1ccnnc1.c1cnccn1.c1cncnc1.c1cnncn1.c1ncncn1. The Morgan fingerprint density at radius 2 is 0.440 bits per heavy atom. The van der Waals surface area contributed by atoms with Crippen LogP contribution >= 0.6 is 0 Å². The molecule has 50 heavy (non-hydrogen) atoms. The second-order valence-corrected chi connectivity index (χ2v) is 4.30. The van der Waals surface area contributed by atoms with Gasteiger partial charge in [-0.2, -0.15) is 15.3 Å². The first-order valence-corrected chi connectivity index (χ1v) is 18.2. The molecule has 0 aliphatic rings. The summed E-state index contributed by atoms with van der Waals surface area (Å²) in [5.74, 6) is 0. The molecule has 0 bridgehead atoms. The van der Waals surface area contributed by atoms with Gasteiger partial charge in [-0.25, -0.2) is 29.9 Å². The third kappa shape index (κ3) is 121. The maximum absolute atomic E-state index is 3.72. The largest absolute Gasteiger partial charge is 0.262 e. The minimum Gasteiger partial charge on any atom is -0.262 e. The van der Waals surface area contributed by atoms with Crippen molar-refractivity contribution in [1.29, 1.82) is 0 Å². The molecule has 0 fully saturated rings. The summed E-state index contributed by atoms with van der Waals surface area (Å²) in [5, 5.41) is 14.0. The van der Waals surface area contributed by atoms with Crippen molar-refractivity contribution in [1.82, 2.24) is 60.3 Å². The average molecular weight is 703 g/mol. The Bertz CT molecular complexity index is 582. The number of hydrogen-bond donors (Lipinski definition) is 0. The zero-order chi connectivity index (χ0) is 41.2. The lowest BCUT2D eigenvalue weighted by molar-refractivity contribution is 0.969. The molecule has 0 saturated heterocycles. The van der Waals surface area contributed by atoms with E-state index in [4.69, 9.17) is 0 Å². The highest BCUT2D eigenvalue weighted by Crippen LogP contribution is 1.68. The summed E-state index contributed by atoms with van der Waals surface area (Å²) >= 11 is 0. The van der Waals surface area contributed by atoms with Gasteiger partial charge >= 0.3 is 0 Å². The molecule has 12 heteroatoms. The Morgan fingerprint density at radius 3 is 0.540 bits per heavy atom. The van der Waals surface area contributed by atoms with Crippen molar-refractivity contribution >= 4 is 0 Å². The van der Waals surface area contributed by atoms with Gasteiger partial charge < -0.3 is 0 Å². The highest BCUT2D eigenvalue weighted by molar-refractivity contribution is 4.80. The van der Waals surface area contributed by atoms with Crippen molar-refractivity contribution in [3.05, 3.63) is 112 Å². The van der Waals surface area contributed by atoms with E-state index in [1.165, 1.54) is 37.8 Å². The van der Waals surface area contributed by atoms with Crippen LogP contribution in [0.1, 0.15) is 138 Å². The fourth-order valence-electron chi connectivity index (χ4n) is 1.17. The molecule has 0 spiro atoms. The minimum atomic E-state index is 1.39. The zero-order valence-electron chi connectivity index (χ0n) is 35.8. The van der Waals surface area contributed by atoms with E-state index in [1.54, 1.807) is 61.8 Å². The van der Waals surface area contributed by atoms with Crippen LogP contribution in [0, 0.1) is 0 Å². The minimum absolute atomic E-state index is 1.39. The highest BCUT2D eigenvalue weighted by atomic mass is 15.1. The summed E-state index contributed by atoms with van der Waals surface area (Å²) in [6.45, 7) is 40.0. The van der Waals surface area contributed by atoms with Crippen LogP contribution in [0.4, 0.5) is 0 Å². The molecule has 0 aliphatic carbocycles. The van der Waals surface area contributed by atoms with E-state index in [9.17, 15) is 0 Å². The van der Waals surface area contributed by atoms with Crippen molar-refractivity contribution < 1.29 is 0 Å². The van der Waals surface area contributed by atoms with Crippen LogP contribution < -0.4 is 0 Å². The Morgan fingerprint density at radius 1 is 0.180 bits per heavy atom. The molecular weight excluding hydrogens is 625 g/mol.